The van der Waals surface area contributed by atoms with Gasteiger partial charge in [-0.05, 0) is 55.7 Å². The number of carbonyl (C=O) groups is 1. The molecule has 170 valence electrons. The van der Waals surface area contributed by atoms with Crippen molar-refractivity contribution in [1.29, 1.82) is 0 Å². The molecular weight excluding hydrogens is 450 g/mol. The van der Waals surface area contributed by atoms with Crippen molar-refractivity contribution < 1.29 is 13.9 Å². The number of amides is 1. The number of benzene rings is 1. The highest BCUT2D eigenvalue weighted by Crippen LogP contribution is 2.25. The molecule has 3 heterocycles. The zero-order valence-electron chi connectivity index (χ0n) is 17.7. The lowest BCUT2D eigenvalue weighted by Crippen LogP contribution is -2.32. The molecule has 8 nitrogen and oxygen atoms in total. The number of piperidine rings is 1. The first-order valence-electron chi connectivity index (χ1n) is 10.7. The summed E-state index contributed by atoms with van der Waals surface area (Å²) in [5.74, 6) is 2.54. The fraction of sp³-hybridized carbons (Fsp3) is 0.409. The predicted molar refractivity (Wildman–Crippen MR) is 125 cm³/mol. The Morgan fingerprint density at radius 3 is 2.72 bits per heavy atom. The van der Waals surface area contributed by atoms with E-state index >= 15 is 0 Å². The highest BCUT2D eigenvalue weighted by atomic mass is 35.5. The minimum atomic E-state index is -0.0817. The van der Waals surface area contributed by atoms with Gasteiger partial charge in [-0.2, -0.15) is 0 Å². The fourth-order valence-corrected chi connectivity index (χ4v) is 4.37. The number of hydrogen-bond donors (Lipinski definition) is 1. The molecule has 2 aromatic heterocycles. The van der Waals surface area contributed by atoms with Crippen LogP contribution in [0, 0.1) is 0 Å². The van der Waals surface area contributed by atoms with Gasteiger partial charge in [0.1, 0.15) is 18.1 Å². The highest BCUT2D eigenvalue weighted by molar-refractivity contribution is 7.99. The van der Waals surface area contributed by atoms with Crippen LogP contribution in [0.2, 0.25) is 5.02 Å². The zero-order chi connectivity index (χ0) is 22.2. The van der Waals surface area contributed by atoms with Crippen LogP contribution in [0.5, 0.6) is 5.75 Å². The third-order valence-corrected chi connectivity index (χ3v) is 6.29. The molecule has 1 fully saturated rings. The number of furan rings is 1. The quantitative estimate of drug-likeness (QED) is 0.352. The second-order valence-electron chi connectivity index (χ2n) is 7.44. The van der Waals surface area contributed by atoms with Gasteiger partial charge in [-0.15, -0.1) is 10.2 Å². The normalized spacial score (nSPS) is 13.8. The van der Waals surface area contributed by atoms with Crippen molar-refractivity contribution in [3.8, 4) is 5.75 Å². The first-order chi connectivity index (χ1) is 15.7. The van der Waals surface area contributed by atoms with Crippen LogP contribution in [-0.2, 0) is 11.3 Å². The van der Waals surface area contributed by atoms with Gasteiger partial charge in [-0.3, -0.25) is 9.36 Å². The number of hydrogen-bond acceptors (Lipinski definition) is 7. The summed E-state index contributed by atoms with van der Waals surface area (Å²) in [6, 6.07) is 10.9. The van der Waals surface area contributed by atoms with E-state index in [0.717, 1.165) is 37.6 Å². The van der Waals surface area contributed by atoms with E-state index in [1.165, 1.54) is 18.2 Å². The third-order valence-electron chi connectivity index (χ3n) is 5.07. The zero-order valence-corrected chi connectivity index (χ0v) is 19.3. The van der Waals surface area contributed by atoms with Gasteiger partial charge in [-0.1, -0.05) is 23.4 Å². The molecule has 1 aromatic carbocycles. The Morgan fingerprint density at radius 1 is 1.16 bits per heavy atom. The monoisotopic (exact) mass is 475 g/mol. The third kappa shape index (κ3) is 6.20. The van der Waals surface area contributed by atoms with Gasteiger partial charge < -0.3 is 19.4 Å². The number of anilines is 1. The Kier molecular flexibility index (Phi) is 7.95. The summed E-state index contributed by atoms with van der Waals surface area (Å²) < 4.78 is 13.2. The van der Waals surface area contributed by atoms with Crippen molar-refractivity contribution in [3.05, 3.63) is 53.4 Å². The van der Waals surface area contributed by atoms with E-state index in [4.69, 9.17) is 20.8 Å². The Bertz CT molecular complexity index is 988. The number of aromatic nitrogens is 3. The summed E-state index contributed by atoms with van der Waals surface area (Å²) in [7, 11) is 0. The first kappa shape index (κ1) is 22.5. The van der Waals surface area contributed by atoms with Crippen LogP contribution in [0.3, 0.4) is 0 Å². The Balaban J connectivity index is 1.30. The maximum Gasteiger partial charge on any atom is 0.230 e. The summed E-state index contributed by atoms with van der Waals surface area (Å²) in [4.78, 5) is 14.6. The lowest BCUT2D eigenvalue weighted by Gasteiger charge is -2.27. The lowest BCUT2D eigenvalue weighted by molar-refractivity contribution is -0.118. The molecule has 1 saturated heterocycles. The number of nitrogens with zero attached hydrogens (tertiary/aromatic N) is 4. The fourth-order valence-electron chi connectivity index (χ4n) is 3.48. The van der Waals surface area contributed by atoms with Crippen molar-refractivity contribution in [3.63, 3.8) is 0 Å². The van der Waals surface area contributed by atoms with Crippen molar-refractivity contribution in [2.24, 2.45) is 0 Å². The van der Waals surface area contributed by atoms with Crippen LogP contribution in [0.1, 0.15) is 25.0 Å². The van der Waals surface area contributed by atoms with Crippen LogP contribution < -0.4 is 15.0 Å². The summed E-state index contributed by atoms with van der Waals surface area (Å²) >= 11 is 7.23. The molecule has 10 heteroatoms. The molecule has 1 amide bonds. The van der Waals surface area contributed by atoms with Crippen LogP contribution in [0.4, 0.5) is 5.95 Å². The number of halogens is 1. The molecule has 1 N–H and O–H groups in total. The summed E-state index contributed by atoms with van der Waals surface area (Å²) in [6.45, 7) is 3.26. The van der Waals surface area contributed by atoms with Crippen LogP contribution >= 0.6 is 23.4 Å². The van der Waals surface area contributed by atoms with E-state index in [1.807, 2.05) is 16.7 Å². The van der Waals surface area contributed by atoms with Gasteiger partial charge in [0.05, 0.1) is 25.1 Å². The molecule has 0 bridgehead atoms. The SMILES string of the molecule is O=C(CSc1nnc(N2CCCCC2)n1Cc1ccco1)NCCOc1ccc(Cl)cc1. The molecule has 1 aliphatic rings. The molecule has 0 unspecified atom stereocenters. The predicted octanol–water partition coefficient (Wildman–Crippen LogP) is 3.85. The molecule has 0 radical (unpaired) electrons. The van der Waals surface area contributed by atoms with Crippen LogP contribution in [-0.4, -0.2) is 52.7 Å². The number of nitrogens with one attached hydrogen (secondary N) is 1. The molecule has 0 spiro atoms. The van der Waals surface area contributed by atoms with Gasteiger partial charge in [0.25, 0.3) is 0 Å². The largest absolute Gasteiger partial charge is 0.492 e. The molecular formula is C22H26ClN5O3S. The number of thioether (sulfide) groups is 1. The van der Waals surface area contributed by atoms with Crippen LogP contribution in [0.25, 0.3) is 0 Å². The summed E-state index contributed by atoms with van der Waals surface area (Å²) in [5, 5.41) is 13.0. The summed E-state index contributed by atoms with van der Waals surface area (Å²) in [6.07, 6.45) is 5.20. The second kappa shape index (κ2) is 11.3. The number of rotatable bonds is 10. The van der Waals surface area contributed by atoms with Gasteiger partial charge in [0, 0.05) is 18.1 Å². The summed E-state index contributed by atoms with van der Waals surface area (Å²) in [5.41, 5.74) is 0. The minimum absolute atomic E-state index is 0.0817. The van der Waals surface area contributed by atoms with E-state index in [-0.39, 0.29) is 11.7 Å². The van der Waals surface area contributed by atoms with E-state index in [9.17, 15) is 4.79 Å². The molecule has 4 rings (SSSR count). The Hall–Kier alpha value is -2.65. The Morgan fingerprint density at radius 2 is 1.97 bits per heavy atom. The Labute approximate surface area is 196 Å². The highest BCUT2D eigenvalue weighted by Gasteiger charge is 2.21. The van der Waals surface area contributed by atoms with E-state index in [2.05, 4.69) is 20.4 Å². The standard InChI is InChI=1S/C22H26ClN5O3S/c23-17-6-8-18(9-7-17)31-14-10-24-20(29)16-32-22-26-25-21(27-11-2-1-3-12-27)28(22)15-19-5-4-13-30-19/h4-9,13H,1-3,10-12,14-16H2,(H,24,29). The molecule has 0 atom stereocenters. The topological polar surface area (TPSA) is 85.4 Å². The van der Waals surface area contributed by atoms with Gasteiger partial charge >= 0.3 is 0 Å². The van der Waals surface area contributed by atoms with E-state index < -0.39 is 0 Å². The average molecular weight is 476 g/mol. The van der Waals surface area contributed by atoms with E-state index in [1.54, 1.807) is 30.5 Å². The smallest absolute Gasteiger partial charge is 0.230 e. The van der Waals surface area contributed by atoms with Crippen molar-refractivity contribution >= 4 is 35.2 Å². The second-order valence-corrected chi connectivity index (χ2v) is 8.82. The molecule has 0 saturated carbocycles. The molecule has 1 aliphatic heterocycles. The van der Waals surface area contributed by atoms with Crippen molar-refractivity contribution in [1.82, 2.24) is 20.1 Å². The van der Waals surface area contributed by atoms with Crippen LogP contribution in [0.15, 0.2) is 52.2 Å². The van der Waals surface area contributed by atoms with Crippen molar-refractivity contribution in [2.75, 3.05) is 36.9 Å². The minimum Gasteiger partial charge on any atom is -0.492 e. The lowest BCUT2D eigenvalue weighted by atomic mass is 10.1. The van der Waals surface area contributed by atoms with Crippen molar-refractivity contribution in [2.45, 2.75) is 31.0 Å². The molecule has 0 aliphatic carbocycles. The maximum absolute atomic E-state index is 12.3. The number of ether oxygens (including phenoxy) is 1. The molecule has 32 heavy (non-hydrogen) atoms. The van der Waals surface area contributed by atoms with Gasteiger partial charge in [0.15, 0.2) is 5.16 Å². The van der Waals surface area contributed by atoms with E-state index in [0.29, 0.717) is 35.6 Å². The first-order valence-corrected chi connectivity index (χ1v) is 12.0. The van der Waals surface area contributed by atoms with Gasteiger partial charge in [-0.25, -0.2) is 0 Å². The maximum atomic E-state index is 12.3. The van der Waals surface area contributed by atoms with Gasteiger partial charge in [0.2, 0.25) is 11.9 Å². The number of carbonyl (C=O) groups excluding carboxylic acids is 1. The molecule has 3 aromatic rings. The average Bonchev–Trinajstić information content (AvgIpc) is 3.47.